The highest BCUT2D eigenvalue weighted by Gasteiger charge is 2.17. The molecule has 0 saturated carbocycles. The lowest BCUT2D eigenvalue weighted by Crippen LogP contribution is -2.31. The van der Waals surface area contributed by atoms with Gasteiger partial charge in [-0.05, 0) is 56.0 Å². The first kappa shape index (κ1) is 12.2. The van der Waals surface area contributed by atoms with Gasteiger partial charge in [0, 0.05) is 5.56 Å². The zero-order valence-corrected chi connectivity index (χ0v) is 9.51. The second-order valence-corrected chi connectivity index (χ2v) is 4.50. The van der Waals surface area contributed by atoms with Gasteiger partial charge in [-0.15, -0.1) is 0 Å². The summed E-state index contributed by atoms with van der Waals surface area (Å²) < 4.78 is 26.1. The van der Waals surface area contributed by atoms with Gasteiger partial charge in [-0.1, -0.05) is 0 Å². The average Bonchev–Trinajstić information content (AvgIpc) is 2.35. The minimum absolute atomic E-state index is 0.259. The molecule has 0 amide bonds. The molecule has 1 fully saturated rings. The summed E-state index contributed by atoms with van der Waals surface area (Å²) in [4.78, 5) is 10.8. The summed E-state index contributed by atoms with van der Waals surface area (Å²) in [5, 5.41) is 3.26. The quantitative estimate of drug-likeness (QED) is 0.820. The van der Waals surface area contributed by atoms with Crippen LogP contribution < -0.4 is 5.32 Å². The average molecular weight is 239 g/mol. The molecule has 2 rings (SSSR count). The van der Waals surface area contributed by atoms with Crippen molar-refractivity contribution in [2.75, 3.05) is 13.1 Å². The van der Waals surface area contributed by atoms with E-state index in [1.54, 1.807) is 0 Å². The van der Waals surface area contributed by atoms with Crippen LogP contribution in [0.15, 0.2) is 12.1 Å². The van der Waals surface area contributed by atoms with Crippen LogP contribution in [0.3, 0.4) is 0 Å². The molecule has 1 atom stereocenters. The third-order valence-corrected chi connectivity index (χ3v) is 3.22. The number of halogens is 2. The lowest BCUT2D eigenvalue weighted by atomic mass is 9.90. The summed E-state index contributed by atoms with van der Waals surface area (Å²) >= 11 is 0. The molecule has 1 aromatic rings. The summed E-state index contributed by atoms with van der Waals surface area (Å²) in [7, 11) is 0. The smallest absolute Gasteiger partial charge is 0.159 e. The zero-order valence-electron chi connectivity index (χ0n) is 9.51. The van der Waals surface area contributed by atoms with Crippen molar-refractivity contribution in [1.82, 2.24) is 5.32 Å². The van der Waals surface area contributed by atoms with E-state index in [-0.39, 0.29) is 5.56 Å². The van der Waals surface area contributed by atoms with Crippen molar-refractivity contribution in [3.8, 4) is 0 Å². The predicted octanol–water partition coefficient (Wildman–Crippen LogP) is 2.32. The van der Waals surface area contributed by atoms with Gasteiger partial charge in [0.1, 0.15) is 6.29 Å². The van der Waals surface area contributed by atoms with Crippen LogP contribution >= 0.6 is 0 Å². The number of nitrogens with one attached hydrogen (secondary N) is 1. The van der Waals surface area contributed by atoms with E-state index >= 15 is 0 Å². The maximum atomic E-state index is 13.1. The van der Waals surface area contributed by atoms with Crippen LogP contribution in [0.5, 0.6) is 0 Å². The molecule has 1 aliphatic heterocycles. The molecule has 1 aliphatic rings. The van der Waals surface area contributed by atoms with Gasteiger partial charge in [0.25, 0.3) is 0 Å². The second-order valence-electron chi connectivity index (χ2n) is 4.50. The van der Waals surface area contributed by atoms with Crippen molar-refractivity contribution in [2.24, 2.45) is 5.92 Å². The van der Waals surface area contributed by atoms with E-state index < -0.39 is 11.6 Å². The third-order valence-electron chi connectivity index (χ3n) is 3.22. The van der Waals surface area contributed by atoms with E-state index in [4.69, 9.17) is 0 Å². The van der Waals surface area contributed by atoms with Gasteiger partial charge >= 0.3 is 0 Å². The van der Waals surface area contributed by atoms with Gasteiger partial charge in [0.05, 0.1) is 0 Å². The summed E-state index contributed by atoms with van der Waals surface area (Å²) in [5.41, 5.74) is 0.863. The minimum Gasteiger partial charge on any atom is -0.316 e. The molecule has 1 N–H and O–H groups in total. The van der Waals surface area contributed by atoms with E-state index in [0.717, 1.165) is 38.1 Å². The zero-order chi connectivity index (χ0) is 12.3. The van der Waals surface area contributed by atoms with E-state index in [1.165, 1.54) is 0 Å². The van der Waals surface area contributed by atoms with Crippen molar-refractivity contribution in [3.05, 3.63) is 34.9 Å². The standard InChI is InChI=1S/C13H15F2NO/c14-12-5-10(11(8-17)6-13(12)15)4-9-2-1-3-16-7-9/h5-6,8-9,16H,1-4,7H2. The molecule has 17 heavy (non-hydrogen) atoms. The molecule has 0 spiro atoms. The van der Waals surface area contributed by atoms with E-state index in [0.29, 0.717) is 24.2 Å². The van der Waals surface area contributed by atoms with Gasteiger partial charge in [-0.3, -0.25) is 4.79 Å². The Morgan fingerprint density at radius 3 is 2.76 bits per heavy atom. The number of aldehydes is 1. The predicted molar refractivity (Wildman–Crippen MR) is 61.0 cm³/mol. The Morgan fingerprint density at radius 2 is 2.12 bits per heavy atom. The highest BCUT2D eigenvalue weighted by Crippen LogP contribution is 2.20. The van der Waals surface area contributed by atoms with Crippen molar-refractivity contribution < 1.29 is 13.6 Å². The van der Waals surface area contributed by atoms with Gasteiger partial charge in [-0.2, -0.15) is 0 Å². The number of carbonyl (C=O) groups is 1. The van der Waals surface area contributed by atoms with Gasteiger partial charge < -0.3 is 5.32 Å². The van der Waals surface area contributed by atoms with Gasteiger partial charge in [0.2, 0.25) is 0 Å². The maximum absolute atomic E-state index is 13.1. The Kier molecular flexibility index (Phi) is 3.84. The Labute approximate surface area is 99.0 Å². The fraction of sp³-hybridized carbons (Fsp3) is 0.462. The molecule has 92 valence electrons. The number of carbonyl (C=O) groups excluding carboxylic acids is 1. The lowest BCUT2D eigenvalue weighted by Gasteiger charge is -2.23. The van der Waals surface area contributed by atoms with Crippen LogP contribution in [0, 0.1) is 17.6 Å². The van der Waals surface area contributed by atoms with Crippen molar-refractivity contribution in [2.45, 2.75) is 19.3 Å². The lowest BCUT2D eigenvalue weighted by molar-refractivity contribution is 0.112. The summed E-state index contributed by atoms with van der Waals surface area (Å²) in [6, 6.07) is 2.13. The molecule has 1 saturated heterocycles. The van der Waals surface area contributed by atoms with Gasteiger partial charge in [-0.25, -0.2) is 8.78 Å². The summed E-state index contributed by atoms with van der Waals surface area (Å²) in [5.74, 6) is -1.45. The molecule has 2 nitrogen and oxygen atoms in total. The number of hydrogen-bond acceptors (Lipinski definition) is 2. The normalized spacial score (nSPS) is 20.2. The molecule has 0 bridgehead atoms. The SMILES string of the molecule is O=Cc1cc(F)c(F)cc1CC1CCCNC1. The summed E-state index contributed by atoms with van der Waals surface area (Å²) in [6.07, 6.45) is 3.36. The number of hydrogen-bond donors (Lipinski definition) is 1. The second kappa shape index (κ2) is 5.36. The monoisotopic (exact) mass is 239 g/mol. The first-order valence-corrected chi connectivity index (χ1v) is 5.84. The molecule has 1 heterocycles. The summed E-state index contributed by atoms with van der Waals surface area (Å²) in [6.45, 7) is 1.88. The Bertz CT molecular complexity index is 414. The van der Waals surface area contributed by atoms with Gasteiger partial charge in [0.15, 0.2) is 11.6 Å². The Hall–Kier alpha value is -1.29. The molecule has 1 unspecified atom stereocenters. The van der Waals surface area contributed by atoms with Crippen molar-refractivity contribution >= 4 is 6.29 Å². The molecule has 4 heteroatoms. The fourth-order valence-electron chi connectivity index (χ4n) is 2.30. The van der Waals surface area contributed by atoms with E-state index in [2.05, 4.69) is 5.32 Å². The molecular formula is C13H15F2NO. The van der Waals surface area contributed by atoms with E-state index in [1.807, 2.05) is 0 Å². The minimum atomic E-state index is -0.961. The highest BCUT2D eigenvalue weighted by atomic mass is 19.2. The van der Waals surface area contributed by atoms with Crippen LogP contribution in [-0.2, 0) is 6.42 Å². The molecule has 0 radical (unpaired) electrons. The topological polar surface area (TPSA) is 29.1 Å². The van der Waals surface area contributed by atoms with Crippen LogP contribution in [0.4, 0.5) is 8.78 Å². The number of benzene rings is 1. The van der Waals surface area contributed by atoms with Crippen molar-refractivity contribution in [3.63, 3.8) is 0 Å². The number of rotatable bonds is 3. The molecule has 1 aromatic carbocycles. The fourth-order valence-corrected chi connectivity index (χ4v) is 2.30. The van der Waals surface area contributed by atoms with Crippen LogP contribution in [0.1, 0.15) is 28.8 Å². The Balaban J connectivity index is 2.18. The Morgan fingerprint density at radius 1 is 1.35 bits per heavy atom. The number of piperidine rings is 1. The van der Waals surface area contributed by atoms with Crippen LogP contribution in [-0.4, -0.2) is 19.4 Å². The molecular weight excluding hydrogens is 224 g/mol. The maximum Gasteiger partial charge on any atom is 0.159 e. The van der Waals surface area contributed by atoms with Crippen molar-refractivity contribution in [1.29, 1.82) is 0 Å². The molecule has 0 aliphatic carbocycles. The first-order chi connectivity index (χ1) is 8.20. The third kappa shape index (κ3) is 2.88. The largest absolute Gasteiger partial charge is 0.316 e. The van der Waals surface area contributed by atoms with Crippen LogP contribution in [0.2, 0.25) is 0 Å². The van der Waals surface area contributed by atoms with E-state index in [9.17, 15) is 13.6 Å². The highest BCUT2D eigenvalue weighted by molar-refractivity contribution is 5.77. The molecule has 0 aromatic heterocycles. The van der Waals surface area contributed by atoms with Crippen LogP contribution in [0.25, 0.3) is 0 Å². The first-order valence-electron chi connectivity index (χ1n) is 5.84.